The lowest BCUT2D eigenvalue weighted by atomic mass is 10.0. The highest BCUT2D eigenvalue weighted by atomic mass is 16.2. The van der Waals surface area contributed by atoms with E-state index in [0.29, 0.717) is 6.54 Å². The first-order valence-electron chi connectivity index (χ1n) is 13.2. The van der Waals surface area contributed by atoms with Gasteiger partial charge < -0.3 is 25.0 Å². The number of likely N-dealkylation sites (N-methyl/N-ethyl adjacent to an activating group) is 2. The van der Waals surface area contributed by atoms with Gasteiger partial charge in [0.25, 0.3) is 0 Å². The van der Waals surface area contributed by atoms with Crippen molar-refractivity contribution in [1.82, 2.24) is 34.9 Å². The van der Waals surface area contributed by atoms with Crippen LogP contribution < -0.4 is 10.2 Å². The Morgan fingerprint density at radius 3 is 2.64 bits per heavy atom. The molecule has 3 N–H and O–H groups in total. The van der Waals surface area contributed by atoms with E-state index in [1.54, 1.807) is 0 Å². The number of carbonyl (C=O) groups excluding carboxylic acids is 1. The third-order valence-corrected chi connectivity index (χ3v) is 7.15. The molecule has 5 aromatic rings. The predicted molar refractivity (Wildman–Crippen MR) is 156 cm³/mol. The normalized spacial score (nSPS) is 14.5. The van der Waals surface area contributed by atoms with Crippen LogP contribution in [0, 0.1) is 6.92 Å². The second kappa shape index (κ2) is 10.1. The Morgan fingerprint density at radius 2 is 1.85 bits per heavy atom. The van der Waals surface area contributed by atoms with Gasteiger partial charge in [0.1, 0.15) is 11.5 Å². The Kier molecular flexibility index (Phi) is 6.49. The van der Waals surface area contributed by atoms with Crippen molar-refractivity contribution >= 4 is 39.2 Å². The van der Waals surface area contributed by atoms with Gasteiger partial charge in [0.05, 0.1) is 35.2 Å². The van der Waals surface area contributed by atoms with Crippen molar-refractivity contribution in [3.05, 3.63) is 54.4 Å². The fourth-order valence-electron chi connectivity index (χ4n) is 5.21. The number of rotatable bonds is 6. The Hall–Kier alpha value is -4.28. The molecule has 1 aliphatic rings. The fourth-order valence-corrected chi connectivity index (χ4v) is 5.21. The maximum Gasteiger partial charge on any atom is 0.238 e. The van der Waals surface area contributed by atoms with Crippen molar-refractivity contribution in [2.75, 3.05) is 64.1 Å². The van der Waals surface area contributed by atoms with E-state index in [1.807, 2.05) is 56.5 Å². The molecule has 0 bridgehead atoms. The highest BCUT2D eigenvalue weighted by Gasteiger charge is 2.20. The molecule has 0 unspecified atom stereocenters. The number of anilines is 2. The van der Waals surface area contributed by atoms with Crippen molar-refractivity contribution in [3.63, 3.8) is 0 Å². The zero-order valence-electron chi connectivity index (χ0n) is 22.7. The second-order valence-corrected chi connectivity index (χ2v) is 10.6. The van der Waals surface area contributed by atoms with Crippen molar-refractivity contribution in [1.29, 1.82) is 0 Å². The van der Waals surface area contributed by atoms with Crippen LogP contribution in [0.4, 0.5) is 11.5 Å². The quantitative estimate of drug-likeness (QED) is 0.311. The summed E-state index contributed by atoms with van der Waals surface area (Å²) in [6, 6.07) is 12.2. The van der Waals surface area contributed by atoms with Gasteiger partial charge in [-0.2, -0.15) is 5.10 Å². The van der Waals surface area contributed by atoms with Gasteiger partial charge >= 0.3 is 0 Å². The molecule has 4 aromatic heterocycles. The Labute approximate surface area is 227 Å². The summed E-state index contributed by atoms with van der Waals surface area (Å²) < 4.78 is 0. The molecule has 0 aliphatic carbocycles. The van der Waals surface area contributed by atoms with Crippen LogP contribution in [0.3, 0.4) is 0 Å². The number of aromatic nitrogens is 5. The number of carbonyl (C=O) groups is 1. The third-order valence-electron chi connectivity index (χ3n) is 7.15. The predicted octanol–water partition coefficient (Wildman–Crippen LogP) is 3.73. The Balaban J connectivity index is 1.36. The summed E-state index contributed by atoms with van der Waals surface area (Å²) in [6.07, 6.45) is 3.68. The summed E-state index contributed by atoms with van der Waals surface area (Å²) in [6.45, 7) is 6.30. The maximum absolute atomic E-state index is 12.3. The van der Waals surface area contributed by atoms with E-state index in [9.17, 15) is 4.79 Å². The van der Waals surface area contributed by atoms with E-state index in [0.717, 1.165) is 87.7 Å². The number of hydrogen-bond donors (Lipinski definition) is 3. The monoisotopic (exact) mass is 523 g/mol. The molecule has 5 heterocycles. The number of aromatic amines is 2. The SMILES string of the molecule is Cc1cc(NC(=O)CN(C)C)cc(-c2cc3c(-c4cc5c(N6CCN(C)CC6)nccc5[nH]4)n[nH]c3cn2)c1. The van der Waals surface area contributed by atoms with Crippen molar-refractivity contribution in [3.8, 4) is 22.6 Å². The van der Waals surface area contributed by atoms with Gasteiger partial charge in [0.2, 0.25) is 5.91 Å². The van der Waals surface area contributed by atoms with Crippen LogP contribution in [0.25, 0.3) is 44.5 Å². The van der Waals surface area contributed by atoms with Gasteiger partial charge in [-0.15, -0.1) is 0 Å². The number of aryl methyl sites for hydroxylation is 1. The number of pyridine rings is 2. The van der Waals surface area contributed by atoms with Crippen LogP contribution in [-0.2, 0) is 4.79 Å². The number of nitrogens with zero attached hydrogens (tertiary/aromatic N) is 6. The van der Waals surface area contributed by atoms with Gasteiger partial charge in [-0.3, -0.25) is 14.9 Å². The number of piperazine rings is 1. The van der Waals surface area contributed by atoms with Crippen molar-refractivity contribution < 1.29 is 4.79 Å². The topological polar surface area (TPSA) is 109 Å². The first-order valence-corrected chi connectivity index (χ1v) is 13.2. The maximum atomic E-state index is 12.3. The second-order valence-electron chi connectivity index (χ2n) is 10.6. The molecule has 1 amide bonds. The molecule has 1 saturated heterocycles. The molecule has 10 nitrogen and oxygen atoms in total. The first kappa shape index (κ1) is 25.0. The van der Waals surface area contributed by atoms with Crippen LogP contribution in [0.1, 0.15) is 5.56 Å². The van der Waals surface area contributed by atoms with E-state index in [2.05, 4.69) is 55.5 Å². The highest BCUT2D eigenvalue weighted by molar-refractivity contribution is 6.00. The number of H-pyrrole nitrogens is 2. The average Bonchev–Trinajstić information content (AvgIpc) is 3.52. The molecular formula is C29H33N9O. The zero-order valence-corrected chi connectivity index (χ0v) is 22.7. The van der Waals surface area contributed by atoms with E-state index in [-0.39, 0.29) is 5.91 Å². The van der Waals surface area contributed by atoms with Crippen molar-refractivity contribution in [2.24, 2.45) is 0 Å². The summed E-state index contributed by atoms with van der Waals surface area (Å²) in [5.74, 6) is 0.954. The van der Waals surface area contributed by atoms with Crippen LogP contribution in [0.15, 0.2) is 48.8 Å². The minimum Gasteiger partial charge on any atom is -0.353 e. The minimum absolute atomic E-state index is 0.0543. The fraction of sp³-hybridized carbons (Fsp3) is 0.310. The smallest absolute Gasteiger partial charge is 0.238 e. The molecule has 6 rings (SSSR count). The van der Waals surface area contributed by atoms with Crippen LogP contribution in [-0.4, -0.2) is 94.7 Å². The molecule has 0 radical (unpaired) electrons. The molecule has 0 spiro atoms. The van der Waals surface area contributed by atoms with E-state index in [4.69, 9.17) is 9.97 Å². The molecule has 1 aromatic carbocycles. The average molecular weight is 524 g/mol. The number of benzene rings is 1. The molecule has 0 saturated carbocycles. The largest absolute Gasteiger partial charge is 0.353 e. The lowest BCUT2D eigenvalue weighted by Gasteiger charge is -2.33. The Bertz CT molecular complexity index is 1660. The molecule has 200 valence electrons. The number of amides is 1. The van der Waals surface area contributed by atoms with Gasteiger partial charge in [0, 0.05) is 54.4 Å². The minimum atomic E-state index is -0.0543. The van der Waals surface area contributed by atoms with Gasteiger partial charge in [0.15, 0.2) is 0 Å². The van der Waals surface area contributed by atoms with Crippen LogP contribution >= 0.6 is 0 Å². The zero-order chi connectivity index (χ0) is 27.1. The molecule has 1 aliphatic heterocycles. The van der Waals surface area contributed by atoms with E-state index in [1.165, 1.54) is 0 Å². The molecule has 0 atom stereocenters. The third kappa shape index (κ3) is 5.08. The lowest BCUT2D eigenvalue weighted by molar-refractivity contribution is -0.116. The van der Waals surface area contributed by atoms with Crippen LogP contribution in [0.2, 0.25) is 0 Å². The molecule has 39 heavy (non-hydrogen) atoms. The van der Waals surface area contributed by atoms with E-state index < -0.39 is 0 Å². The summed E-state index contributed by atoms with van der Waals surface area (Å²) in [7, 11) is 5.91. The van der Waals surface area contributed by atoms with E-state index >= 15 is 0 Å². The standard InChI is InChI=1S/C29H33N9O/c1-18-11-19(13-20(12-18)32-27(39)17-36(2)3)24-14-21-26(16-31-24)34-35-28(21)25-15-22-23(33-25)5-6-30-29(22)38-9-7-37(4)8-10-38/h5-6,11-16,33H,7-10,17H2,1-4H3,(H,32,39)(H,34,35). The molecular weight excluding hydrogens is 490 g/mol. The summed E-state index contributed by atoms with van der Waals surface area (Å²) in [4.78, 5) is 31.9. The first-order chi connectivity index (χ1) is 18.8. The lowest BCUT2D eigenvalue weighted by Crippen LogP contribution is -2.44. The summed E-state index contributed by atoms with van der Waals surface area (Å²) in [5.41, 5.74) is 7.20. The van der Waals surface area contributed by atoms with Crippen molar-refractivity contribution in [2.45, 2.75) is 6.92 Å². The van der Waals surface area contributed by atoms with Crippen LogP contribution in [0.5, 0.6) is 0 Å². The molecule has 1 fully saturated rings. The number of hydrogen-bond acceptors (Lipinski definition) is 7. The Morgan fingerprint density at radius 1 is 1.03 bits per heavy atom. The highest BCUT2D eigenvalue weighted by Crippen LogP contribution is 2.34. The number of fused-ring (bicyclic) bond motifs is 2. The van der Waals surface area contributed by atoms with Gasteiger partial charge in [-0.05, 0) is 70.0 Å². The van der Waals surface area contributed by atoms with Gasteiger partial charge in [-0.1, -0.05) is 0 Å². The summed E-state index contributed by atoms with van der Waals surface area (Å²) >= 11 is 0. The molecule has 10 heteroatoms. The summed E-state index contributed by atoms with van der Waals surface area (Å²) in [5, 5.41) is 12.9. The number of nitrogens with one attached hydrogen (secondary N) is 3. The van der Waals surface area contributed by atoms with Gasteiger partial charge in [-0.25, -0.2) is 4.98 Å².